The van der Waals surface area contributed by atoms with Gasteiger partial charge >= 0.3 is 0 Å². The van der Waals surface area contributed by atoms with Crippen LogP contribution in [0, 0.1) is 0 Å². The van der Waals surface area contributed by atoms with Crippen molar-refractivity contribution in [1.82, 2.24) is 10.2 Å². The number of rotatable bonds is 10. The van der Waals surface area contributed by atoms with E-state index >= 15 is 0 Å². The predicted molar refractivity (Wildman–Crippen MR) is 64.8 cm³/mol. The maximum absolute atomic E-state index is 3.19. The van der Waals surface area contributed by atoms with Gasteiger partial charge in [-0.05, 0) is 52.5 Å². The van der Waals surface area contributed by atoms with Gasteiger partial charge in [0.05, 0.1) is 0 Å². The number of hydrogen-bond donors (Lipinski definition) is 1. The van der Waals surface area contributed by atoms with Crippen molar-refractivity contribution in [2.75, 3.05) is 33.2 Å². The van der Waals surface area contributed by atoms with Gasteiger partial charge in [0.1, 0.15) is 0 Å². The van der Waals surface area contributed by atoms with Crippen LogP contribution >= 0.6 is 0 Å². The fourth-order valence-corrected chi connectivity index (χ4v) is 1.62. The Bertz CT molecular complexity index is 104. The van der Waals surface area contributed by atoms with Crippen LogP contribution in [0.5, 0.6) is 0 Å². The summed E-state index contributed by atoms with van der Waals surface area (Å²) in [5.41, 5.74) is 0. The summed E-state index contributed by atoms with van der Waals surface area (Å²) in [7, 11) is 2.03. The van der Waals surface area contributed by atoms with Crippen molar-refractivity contribution in [1.29, 1.82) is 0 Å². The average molecular weight is 200 g/mol. The van der Waals surface area contributed by atoms with Gasteiger partial charge in [-0.3, -0.25) is 0 Å². The lowest BCUT2D eigenvalue weighted by Crippen LogP contribution is -2.25. The Kier molecular flexibility index (Phi) is 10.9. The van der Waals surface area contributed by atoms with E-state index in [1.54, 1.807) is 0 Å². The van der Waals surface area contributed by atoms with Crippen LogP contribution in [0.15, 0.2) is 0 Å². The van der Waals surface area contributed by atoms with E-state index in [0.29, 0.717) is 0 Å². The third kappa shape index (κ3) is 8.52. The zero-order chi connectivity index (χ0) is 10.6. The molecular formula is C12H28N2. The number of unbranched alkanes of at least 4 members (excludes halogenated alkanes) is 3. The normalized spacial score (nSPS) is 11.1. The zero-order valence-corrected chi connectivity index (χ0v) is 10.3. The second kappa shape index (κ2) is 11.0. The van der Waals surface area contributed by atoms with Gasteiger partial charge in [0, 0.05) is 0 Å². The van der Waals surface area contributed by atoms with Gasteiger partial charge < -0.3 is 10.2 Å². The molecule has 2 nitrogen and oxygen atoms in total. The number of nitrogens with zero attached hydrogens (tertiary/aromatic N) is 1. The fourth-order valence-electron chi connectivity index (χ4n) is 1.62. The van der Waals surface area contributed by atoms with E-state index in [1.165, 1.54) is 58.3 Å². The van der Waals surface area contributed by atoms with Gasteiger partial charge in [-0.2, -0.15) is 0 Å². The molecule has 0 aromatic carbocycles. The second-order valence-electron chi connectivity index (χ2n) is 3.95. The Labute approximate surface area is 90.1 Å². The summed E-state index contributed by atoms with van der Waals surface area (Å²) in [5.74, 6) is 0. The van der Waals surface area contributed by atoms with Gasteiger partial charge in [-0.1, -0.05) is 26.7 Å². The first-order chi connectivity index (χ1) is 6.85. The van der Waals surface area contributed by atoms with Crippen LogP contribution in [-0.4, -0.2) is 38.1 Å². The van der Waals surface area contributed by atoms with E-state index < -0.39 is 0 Å². The largest absolute Gasteiger partial charge is 0.320 e. The quantitative estimate of drug-likeness (QED) is 0.545. The van der Waals surface area contributed by atoms with Crippen LogP contribution < -0.4 is 5.32 Å². The monoisotopic (exact) mass is 200 g/mol. The van der Waals surface area contributed by atoms with Crippen molar-refractivity contribution >= 4 is 0 Å². The van der Waals surface area contributed by atoms with Gasteiger partial charge in [0.25, 0.3) is 0 Å². The molecule has 0 aliphatic heterocycles. The molecule has 0 fully saturated rings. The molecular weight excluding hydrogens is 172 g/mol. The molecule has 0 atom stereocenters. The number of hydrogen-bond acceptors (Lipinski definition) is 2. The Morgan fingerprint density at radius 3 is 2.21 bits per heavy atom. The molecule has 0 unspecified atom stereocenters. The van der Waals surface area contributed by atoms with E-state index in [2.05, 4.69) is 24.1 Å². The minimum absolute atomic E-state index is 1.17. The first-order valence-electron chi connectivity index (χ1n) is 6.22. The molecule has 14 heavy (non-hydrogen) atoms. The summed E-state index contributed by atoms with van der Waals surface area (Å²) >= 11 is 0. The van der Waals surface area contributed by atoms with Crippen LogP contribution in [0.2, 0.25) is 0 Å². The lowest BCUT2D eigenvalue weighted by atomic mass is 10.2. The fraction of sp³-hybridized carbons (Fsp3) is 1.00. The van der Waals surface area contributed by atoms with E-state index in [4.69, 9.17) is 0 Å². The highest BCUT2D eigenvalue weighted by Gasteiger charge is 2.00. The third-order valence-electron chi connectivity index (χ3n) is 2.68. The average Bonchev–Trinajstić information content (AvgIpc) is 2.22. The molecule has 0 aromatic heterocycles. The molecule has 0 aliphatic rings. The molecule has 0 heterocycles. The molecule has 0 radical (unpaired) electrons. The highest BCUT2D eigenvalue weighted by atomic mass is 15.1. The SMILES string of the molecule is CCCCN(CC)CCCCCNC. The van der Waals surface area contributed by atoms with Crippen molar-refractivity contribution in [3.8, 4) is 0 Å². The zero-order valence-electron chi connectivity index (χ0n) is 10.3. The van der Waals surface area contributed by atoms with Crippen LogP contribution in [0.25, 0.3) is 0 Å². The van der Waals surface area contributed by atoms with E-state index in [0.717, 1.165) is 0 Å². The van der Waals surface area contributed by atoms with E-state index in [-0.39, 0.29) is 0 Å². The van der Waals surface area contributed by atoms with Crippen LogP contribution in [0.3, 0.4) is 0 Å². The molecule has 0 bridgehead atoms. The summed E-state index contributed by atoms with van der Waals surface area (Å²) in [6.45, 7) is 9.50. The van der Waals surface area contributed by atoms with Crippen molar-refractivity contribution < 1.29 is 0 Å². The minimum Gasteiger partial charge on any atom is -0.320 e. The summed E-state index contributed by atoms with van der Waals surface area (Å²) in [6.07, 6.45) is 6.71. The molecule has 0 saturated carbocycles. The van der Waals surface area contributed by atoms with Crippen molar-refractivity contribution in [2.45, 2.75) is 46.0 Å². The van der Waals surface area contributed by atoms with Crippen molar-refractivity contribution in [2.24, 2.45) is 0 Å². The first kappa shape index (κ1) is 13.9. The lowest BCUT2D eigenvalue weighted by molar-refractivity contribution is 0.276. The molecule has 0 rings (SSSR count). The Morgan fingerprint density at radius 1 is 0.929 bits per heavy atom. The Hall–Kier alpha value is -0.0800. The molecule has 2 heteroatoms. The maximum Gasteiger partial charge on any atom is -0.00188 e. The lowest BCUT2D eigenvalue weighted by Gasteiger charge is -2.19. The molecule has 0 spiro atoms. The van der Waals surface area contributed by atoms with Crippen LogP contribution in [0.4, 0.5) is 0 Å². The highest BCUT2D eigenvalue weighted by Crippen LogP contribution is 2.00. The standard InChI is InChI=1S/C12H28N2/c1-4-6-11-14(5-2)12-9-7-8-10-13-3/h13H,4-12H2,1-3H3. The van der Waals surface area contributed by atoms with Crippen LogP contribution in [-0.2, 0) is 0 Å². The van der Waals surface area contributed by atoms with E-state index in [1.807, 2.05) is 7.05 Å². The highest BCUT2D eigenvalue weighted by molar-refractivity contribution is 4.56. The van der Waals surface area contributed by atoms with Gasteiger partial charge in [0.2, 0.25) is 0 Å². The second-order valence-corrected chi connectivity index (χ2v) is 3.95. The molecule has 86 valence electrons. The smallest absolute Gasteiger partial charge is 0.00188 e. The Balaban J connectivity index is 3.24. The third-order valence-corrected chi connectivity index (χ3v) is 2.68. The summed E-state index contributed by atoms with van der Waals surface area (Å²) in [6, 6.07) is 0. The summed E-state index contributed by atoms with van der Waals surface area (Å²) in [4.78, 5) is 2.57. The molecule has 0 aliphatic carbocycles. The molecule has 0 aromatic rings. The Morgan fingerprint density at radius 2 is 1.64 bits per heavy atom. The van der Waals surface area contributed by atoms with Gasteiger partial charge in [-0.25, -0.2) is 0 Å². The number of nitrogens with one attached hydrogen (secondary N) is 1. The molecule has 0 saturated heterocycles. The molecule has 0 amide bonds. The summed E-state index contributed by atoms with van der Waals surface area (Å²) in [5, 5.41) is 3.19. The van der Waals surface area contributed by atoms with Crippen LogP contribution in [0.1, 0.15) is 46.0 Å². The first-order valence-corrected chi connectivity index (χ1v) is 6.22. The van der Waals surface area contributed by atoms with E-state index in [9.17, 15) is 0 Å². The van der Waals surface area contributed by atoms with Crippen molar-refractivity contribution in [3.05, 3.63) is 0 Å². The summed E-state index contributed by atoms with van der Waals surface area (Å²) < 4.78 is 0. The van der Waals surface area contributed by atoms with Gasteiger partial charge in [-0.15, -0.1) is 0 Å². The van der Waals surface area contributed by atoms with Gasteiger partial charge in [0.15, 0.2) is 0 Å². The maximum atomic E-state index is 3.19. The predicted octanol–water partition coefficient (Wildman–Crippen LogP) is 2.50. The molecule has 1 N–H and O–H groups in total. The van der Waals surface area contributed by atoms with Crippen molar-refractivity contribution in [3.63, 3.8) is 0 Å². The topological polar surface area (TPSA) is 15.3 Å². The minimum atomic E-state index is 1.17.